The zero-order valence-electron chi connectivity index (χ0n) is 29.3. The van der Waals surface area contributed by atoms with Gasteiger partial charge in [-0.2, -0.15) is 0 Å². The molecular formula is C28H84V3. The Kier molecular flexibility index (Phi) is 41900. The summed E-state index contributed by atoms with van der Waals surface area (Å²) in [6.07, 6.45) is 0. The van der Waals surface area contributed by atoms with Gasteiger partial charge in [-0.15, -0.1) is 0 Å². The van der Waals surface area contributed by atoms with Crippen LogP contribution in [0.25, 0.3) is 0 Å². The Morgan fingerprint density at radius 2 is 0.0968 bits per heavy atom. The first kappa shape index (κ1) is 133. The molecule has 0 spiro atoms. The van der Waals surface area contributed by atoms with Crippen molar-refractivity contribution in [3.63, 3.8) is 0 Å². The van der Waals surface area contributed by atoms with Gasteiger partial charge in [0.15, 0.2) is 0 Å². The minimum Gasteiger partial charge on any atom is -0.0683 e. The van der Waals surface area contributed by atoms with E-state index in [-0.39, 0.29) is 55.7 Å². The second kappa shape index (κ2) is 9770. The molecule has 0 rings (SSSR count). The Balaban J connectivity index is -0.00000000451. The summed E-state index contributed by atoms with van der Waals surface area (Å²) in [7, 11) is 0. The molecule has 0 amide bonds. The fraction of sp³-hybridized carbons (Fsp3) is 1.00. The van der Waals surface area contributed by atoms with E-state index in [1.807, 2.05) is 194 Å². The molecule has 0 nitrogen and oxygen atoms in total. The monoisotopic (exact) mass is 573 g/mol. The summed E-state index contributed by atoms with van der Waals surface area (Å²) in [5.74, 6) is 0. The maximum absolute atomic E-state index is 2.00. The van der Waals surface area contributed by atoms with Crippen LogP contribution in [0.4, 0.5) is 0 Å². The zero-order chi connectivity index (χ0) is 28.0. The third kappa shape index (κ3) is 9140. The summed E-state index contributed by atoms with van der Waals surface area (Å²) in [5.41, 5.74) is 0. The van der Waals surface area contributed by atoms with E-state index in [0.717, 1.165) is 0 Å². The van der Waals surface area contributed by atoms with Gasteiger partial charge in [-0.25, -0.2) is 0 Å². The van der Waals surface area contributed by atoms with Gasteiger partial charge < -0.3 is 0 Å². The summed E-state index contributed by atoms with van der Waals surface area (Å²) in [4.78, 5) is 0. The smallest absolute Gasteiger partial charge is 0 e. The van der Waals surface area contributed by atoms with Crippen LogP contribution in [-0.2, 0) is 55.7 Å². The standard InChI is InChI=1S/14C2H6.3V/c14*1-2;;;/h14*1-2H3;;;. The number of hydrogen-bond acceptors (Lipinski definition) is 0. The molecule has 0 aliphatic heterocycles. The van der Waals surface area contributed by atoms with Crippen LogP contribution in [-0.4, -0.2) is 0 Å². The maximum atomic E-state index is 2.00. The molecule has 0 N–H and O–H groups in total. The minimum atomic E-state index is 0. The predicted molar refractivity (Wildman–Crippen MR) is 159 cm³/mol. The molecule has 0 aromatic carbocycles. The average molecular weight is 574 g/mol. The van der Waals surface area contributed by atoms with E-state index >= 15 is 0 Å². The molecule has 0 aliphatic carbocycles. The normalized spacial score (nSPS) is 2.71. The molecule has 0 aliphatic rings. The largest absolute Gasteiger partial charge is 0.0683 e. The van der Waals surface area contributed by atoms with E-state index < -0.39 is 0 Å². The Hall–Kier alpha value is 1.75. The summed E-state index contributed by atoms with van der Waals surface area (Å²) in [6.45, 7) is 56.0. The quantitative estimate of drug-likeness (QED) is 0.270. The molecule has 0 aromatic heterocycles. The van der Waals surface area contributed by atoms with E-state index in [4.69, 9.17) is 0 Å². The van der Waals surface area contributed by atoms with E-state index in [9.17, 15) is 0 Å². The molecule has 0 bridgehead atoms. The van der Waals surface area contributed by atoms with Crippen molar-refractivity contribution >= 4 is 0 Å². The van der Waals surface area contributed by atoms with Crippen LogP contribution in [0.3, 0.4) is 0 Å². The van der Waals surface area contributed by atoms with Crippen LogP contribution < -0.4 is 0 Å². The molecule has 0 atom stereocenters. The van der Waals surface area contributed by atoms with Crippen molar-refractivity contribution in [2.75, 3.05) is 0 Å². The maximum Gasteiger partial charge on any atom is 0 e. The topological polar surface area (TPSA) is 0 Å². The van der Waals surface area contributed by atoms with Gasteiger partial charge in [0.1, 0.15) is 0 Å². The van der Waals surface area contributed by atoms with E-state index in [1.165, 1.54) is 0 Å². The molecule has 0 saturated heterocycles. The Morgan fingerprint density at radius 3 is 0.0968 bits per heavy atom. The van der Waals surface area contributed by atoms with Gasteiger partial charge in [0.25, 0.3) is 0 Å². The fourth-order valence-corrected chi connectivity index (χ4v) is 0. The molecule has 3 radical (unpaired) electrons. The number of rotatable bonds is 0. The third-order valence-corrected chi connectivity index (χ3v) is 0. The van der Waals surface area contributed by atoms with E-state index in [2.05, 4.69) is 0 Å². The first-order valence-electron chi connectivity index (χ1n) is 14.0. The van der Waals surface area contributed by atoms with Crippen LogP contribution in [0, 0.1) is 0 Å². The first-order valence-corrected chi connectivity index (χ1v) is 14.0. The SMILES string of the molecule is CC.CC.CC.CC.CC.CC.CC.CC.CC.CC.CC.CC.CC.CC.[V].[V].[V]. The molecule has 0 unspecified atom stereocenters. The Labute approximate surface area is 248 Å². The van der Waals surface area contributed by atoms with Crippen molar-refractivity contribution in [1.82, 2.24) is 0 Å². The summed E-state index contributed by atoms with van der Waals surface area (Å²) in [6, 6.07) is 0. The molecule has 0 fully saturated rings. The van der Waals surface area contributed by atoms with E-state index in [0.29, 0.717) is 0 Å². The molecule has 0 aromatic rings. The third-order valence-electron chi connectivity index (χ3n) is 0. The molecule has 3 heteroatoms. The molecular weight excluding hydrogens is 489 g/mol. The van der Waals surface area contributed by atoms with Gasteiger partial charge in [0.05, 0.1) is 0 Å². The Morgan fingerprint density at radius 1 is 0.0968 bits per heavy atom. The summed E-state index contributed by atoms with van der Waals surface area (Å²) >= 11 is 0. The number of hydrogen-bond donors (Lipinski definition) is 0. The average Bonchev–Trinajstić information content (AvgIpc) is 2.95. The van der Waals surface area contributed by atoms with Crippen molar-refractivity contribution in [2.24, 2.45) is 0 Å². The van der Waals surface area contributed by atoms with Crippen LogP contribution >= 0.6 is 0 Å². The summed E-state index contributed by atoms with van der Waals surface area (Å²) < 4.78 is 0. The Bertz CT molecular complexity index is 14.2. The molecule has 211 valence electrons. The van der Waals surface area contributed by atoms with Crippen molar-refractivity contribution < 1.29 is 55.7 Å². The zero-order valence-corrected chi connectivity index (χ0v) is 33.5. The molecule has 0 heterocycles. The van der Waals surface area contributed by atoms with Crippen molar-refractivity contribution in [2.45, 2.75) is 194 Å². The van der Waals surface area contributed by atoms with Crippen LogP contribution in [0.2, 0.25) is 0 Å². The van der Waals surface area contributed by atoms with Gasteiger partial charge in [-0.3, -0.25) is 0 Å². The van der Waals surface area contributed by atoms with E-state index in [1.54, 1.807) is 0 Å². The van der Waals surface area contributed by atoms with Crippen LogP contribution in [0.1, 0.15) is 194 Å². The first-order chi connectivity index (χ1) is 14.0. The van der Waals surface area contributed by atoms with Gasteiger partial charge in [-0.05, 0) is 0 Å². The van der Waals surface area contributed by atoms with Crippen LogP contribution in [0.15, 0.2) is 0 Å². The fourth-order valence-electron chi connectivity index (χ4n) is 0. The predicted octanol–water partition coefficient (Wildman–Crippen LogP) is 14.4. The van der Waals surface area contributed by atoms with Gasteiger partial charge >= 0.3 is 0 Å². The van der Waals surface area contributed by atoms with Gasteiger partial charge in [0, 0.05) is 55.7 Å². The van der Waals surface area contributed by atoms with Gasteiger partial charge in [-0.1, -0.05) is 194 Å². The van der Waals surface area contributed by atoms with Gasteiger partial charge in [0.2, 0.25) is 0 Å². The molecule has 31 heavy (non-hydrogen) atoms. The summed E-state index contributed by atoms with van der Waals surface area (Å²) in [5, 5.41) is 0. The minimum absolute atomic E-state index is 0. The van der Waals surface area contributed by atoms with Crippen molar-refractivity contribution in [3.8, 4) is 0 Å². The van der Waals surface area contributed by atoms with Crippen molar-refractivity contribution in [1.29, 1.82) is 0 Å². The second-order valence-corrected chi connectivity index (χ2v) is 0. The van der Waals surface area contributed by atoms with Crippen LogP contribution in [0.5, 0.6) is 0 Å². The second-order valence-electron chi connectivity index (χ2n) is 0. The van der Waals surface area contributed by atoms with Crippen molar-refractivity contribution in [3.05, 3.63) is 0 Å². The molecule has 0 saturated carbocycles.